The summed E-state index contributed by atoms with van der Waals surface area (Å²) < 4.78 is 11.2. The van der Waals surface area contributed by atoms with Gasteiger partial charge in [0.15, 0.2) is 0 Å². The number of rotatable bonds is 3. The fraction of sp³-hybridized carbons (Fsp3) is 0.857. The summed E-state index contributed by atoms with van der Waals surface area (Å²) in [6.07, 6.45) is 10.4. The predicted molar refractivity (Wildman–Crippen MR) is 65.4 cm³/mol. The third-order valence-corrected chi connectivity index (χ3v) is 4.33. The van der Waals surface area contributed by atoms with E-state index in [0.29, 0.717) is 12.2 Å². The summed E-state index contributed by atoms with van der Waals surface area (Å²) in [5.74, 6) is 1.66. The van der Waals surface area contributed by atoms with Crippen molar-refractivity contribution in [3.05, 3.63) is 12.7 Å². The highest BCUT2D eigenvalue weighted by Crippen LogP contribution is 2.36. The lowest BCUT2D eigenvalue weighted by Gasteiger charge is -2.36. The Morgan fingerprint density at radius 3 is 2.25 bits per heavy atom. The molecule has 0 aromatic rings. The van der Waals surface area contributed by atoms with Crippen molar-refractivity contribution in [2.24, 2.45) is 11.8 Å². The highest BCUT2D eigenvalue weighted by Gasteiger charge is 2.30. The van der Waals surface area contributed by atoms with Crippen LogP contribution in [-0.2, 0) is 9.47 Å². The summed E-state index contributed by atoms with van der Waals surface area (Å²) in [5.41, 5.74) is 0. The van der Waals surface area contributed by atoms with Crippen molar-refractivity contribution in [2.45, 2.75) is 50.7 Å². The highest BCUT2D eigenvalue weighted by atomic mass is 16.5. The minimum Gasteiger partial charge on any atom is -0.381 e. The van der Waals surface area contributed by atoms with Gasteiger partial charge in [-0.1, -0.05) is 6.08 Å². The van der Waals surface area contributed by atoms with Gasteiger partial charge in [0.1, 0.15) is 0 Å². The van der Waals surface area contributed by atoms with Crippen LogP contribution in [0.5, 0.6) is 0 Å². The molecule has 1 aliphatic carbocycles. The van der Waals surface area contributed by atoms with Crippen molar-refractivity contribution in [2.75, 3.05) is 13.7 Å². The number of hydrogen-bond donors (Lipinski definition) is 0. The van der Waals surface area contributed by atoms with Crippen molar-refractivity contribution in [1.82, 2.24) is 0 Å². The average molecular weight is 224 g/mol. The van der Waals surface area contributed by atoms with Crippen LogP contribution < -0.4 is 0 Å². The number of methoxy groups -OCH3 is 1. The van der Waals surface area contributed by atoms with Gasteiger partial charge < -0.3 is 9.47 Å². The highest BCUT2D eigenvalue weighted by molar-refractivity contribution is 4.87. The molecule has 16 heavy (non-hydrogen) atoms. The van der Waals surface area contributed by atoms with Crippen LogP contribution in [-0.4, -0.2) is 25.9 Å². The van der Waals surface area contributed by atoms with Crippen molar-refractivity contribution in [3.63, 3.8) is 0 Å². The van der Waals surface area contributed by atoms with E-state index in [1.54, 1.807) is 0 Å². The molecule has 2 heteroatoms. The summed E-state index contributed by atoms with van der Waals surface area (Å²) in [4.78, 5) is 0. The summed E-state index contributed by atoms with van der Waals surface area (Å²) in [7, 11) is 1.84. The summed E-state index contributed by atoms with van der Waals surface area (Å²) in [6, 6.07) is 0. The van der Waals surface area contributed by atoms with Gasteiger partial charge in [0.25, 0.3) is 0 Å². The van der Waals surface area contributed by atoms with Gasteiger partial charge in [0, 0.05) is 7.11 Å². The molecule has 2 nitrogen and oxygen atoms in total. The largest absolute Gasteiger partial charge is 0.381 e. The Kier molecular flexibility index (Phi) is 4.42. The lowest BCUT2D eigenvalue weighted by molar-refractivity contribution is -0.0264. The van der Waals surface area contributed by atoms with Crippen molar-refractivity contribution < 1.29 is 9.47 Å². The van der Waals surface area contributed by atoms with E-state index in [4.69, 9.17) is 9.47 Å². The van der Waals surface area contributed by atoms with Crippen LogP contribution in [0.4, 0.5) is 0 Å². The number of ether oxygens (including phenoxy) is 2. The number of hydrogen-bond acceptors (Lipinski definition) is 2. The molecule has 1 heterocycles. The van der Waals surface area contributed by atoms with Crippen LogP contribution in [0.2, 0.25) is 0 Å². The molecule has 2 rings (SSSR count). The molecule has 1 saturated carbocycles. The quantitative estimate of drug-likeness (QED) is 0.685. The zero-order chi connectivity index (χ0) is 11.4. The Morgan fingerprint density at radius 2 is 1.75 bits per heavy atom. The van der Waals surface area contributed by atoms with E-state index in [-0.39, 0.29) is 0 Å². The molecule has 1 aliphatic heterocycles. The molecule has 0 spiro atoms. The van der Waals surface area contributed by atoms with Crippen LogP contribution in [0.3, 0.4) is 0 Å². The second kappa shape index (κ2) is 5.83. The molecule has 0 amide bonds. The van der Waals surface area contributed by atoms with E-state index in [0.717, 1.165) is 18.4 Å². The summed E-state index contributed by atoms with van der Waals surface area (Å²) >= 11 is 0. The van der Waals surface area contributed by atoms with Crippen molar-refractivity contribution in [1.29, 1.82) is 0 Å². The molecule has 1 saturated heterocycles. The third kappa shape index (κ3) is 2.86. The fourth-order valence-corrected chi connectivity index (χ4v) is 3.15. The van der Waals surface area contributed by atoms with Crippen LogP contribution in [0.1, 0.15) is 38.5 Å². The molecule has 0 N–H and O–H groups in total. The van der Waals surface area contributed by atoms with Gasteiger partial charge in [-0.25, -0.2) is 0 Å². The second-order valence-corrected chi connectivity index (χ2v) is 5.22. The average Bonchev–Trinajstić information content (AvgIpc) is 2.39. The molecule has 2 atom stereocenters. The van der Waals surface area contributed by atoms with Gasteiger partial charge in [-0.05, 0) is 50.4 Å². The maximum atomic E-state index is 5.80. The minimum atomic E-state index is 0.312. The van der Waals surface area contributed by atoms with Gasteiger partial charge >= 0.3 is 0 Å². The normalized spacial score (nSPS) is 40.6. The van der Waals surface area contributed by atoms with E-state index in [1.807, 2.05) is 13.2 Å². The Bertz CT molecular complexity index is 211. The van der Waals surface area contributed by atoms with Gasteiger partial charge in [0.05, 0.1) is 18.8 Å². The van der Waals surface area contributed by atoms with Crippen molar-refractivity contribution >= 4 is 0 Å². The monoisotopic (exact) mass is 224 g/mol. The van der Waals surface area contributed by atoms with Crippen LogP contribution in [0.25, 0.3) is 0 Å². The fourth-order valence-electron chi connectivity index (χ4n) is 3.15. The zero-order valence-corrected chi connectivity index (χ0v) is 10.4. The standard InChI is InChI=1S/C14H24O2/c1-3-13-7-6-12(10-16-13)11-4-8-14(15-2)9-5-11/h3,11-14H,1,4-10H2,2H3. The molecule has 2 fully saturated rings. The molecule has 0 radical (unpaired) electrons. The van der Waals surface area contributed by atoms with Crippen LogP contribution >= 0.6 is 0 Å². The molecule has 2 aliphatic rings. The first-order valence-electron chi connectivity index (χ1n) is 6.60. The molecule has 2 unspecified atom stereocenters. The lowest BCUT2D eigenvalue weighted by atomic mass is 9.76. The topological polar surface area (TPSA) is 18.5 Å². The Balaban J connectivity index is 1.75. The maximum Gasteiger partial charge on any atom is 0.0753 e. The molecular weight excluding hydrogens is 200 g/mol. The zero-order valence-electron chi connectivity index (χ0n) is 10.4. The maximum absolute atomic E-state index is 5.80. The van der Waals surface area contributed by atoms with Crippen LogP contribution in [0.15, 0.2) is 12.7 Å². The van der Waals surface area contributed by atoms with E-state index in [2.05, 4.69) is 6.58 Å². The molecule has 0 aromatic carbocycles. The van der Waals surface area contributed by atoms with Gasteiger partial charge in [-0.15, -0.1) is 6.58 Å². The Morgan fingerprint density at radius 1 is 1.06 bits per heavy atom. The Hall–Kier alpha value is -0.340. The van der Waals surface area contributed by atoms with Gasteiger partial charge in [-0.3, -0.25) is 0 Å². The van der Waals surface area contributed by atoms with E-state index < -0.39 is 0 Å². The first-order valence-corrected chi connectivity index (χ1v) is 6.60. The van der Waals surface area contributed by atoms with Gasteiger partial charge in [-0.2, -0.15) is 0 Å². The minimum absolute atomic E-state index is 0.312. The van der Waals surface area contributed by atoms with E-state index >= 15 is 0 Å². The summed E-state index contributed by atoms with van der Waals surface area (Å²) in [5, 5.41) is 0. The van der Waals surface area contributed by atoms with E-state index in [1.165, 1.54) is 38.5 Å². The molecule has 92 valence electrons. The SMILES string of the molecule is C=CC1CCC(C2CCC(OC)CC2)CO1. The predicted octanol–water partition coefficient (Wildman–Crippen LogP) is 3.17. The van der Waals surface area contributed by atoms with Crippen LogP contribution in [0, 0.1) is 11.8 Å². The Labute approximate surface area is 99.0 Å². The van der Waals surface area contributed by atoms with E-state index in [9.17, 15) is 0 Å². The summed E-state index contributed by atoms with van der Waals surface area (Å²) in [6.45, 7) is 4.74. The first kappa shape index (κ1) is 12.1. The third-order valence-electron chi connectivity index (χ3n) is 4.33. The lowest BCUT2D eigenvalue weighted by Crippen LogP contribution is -2.32. The van der Waals surface area contributed by atoms with Crippen molar-refractivity contribution in [3.8, 4) is 0 Å². The molecule has 0 bridgehead atoms. The van der Waals surface area contributed by atoms with Gasteiger partial charge in [0.2, 0.25) is 0 Å². The smallest absolute Gasteiger partial charge is 0.0753 e. The second-order valence-electron chi connectivity index (χ2n) is 5.22. The molecule has 0 aromatic heterocycles. The molecular formula is C14H24O2. The first-order chi connectivity index (χ1) is 7.83.